The first-order valence-electron chi connectivity index (χ1n) is 3.72. The van der Waals surface area contributed by atoms with Crippen molar-refractivity contribution in [2.24, 2.45) is 0 Å². The Balaban J connectivity index is 0.000000336. The summed E-state index contributed by atoms with van der Waals surface area (Å²) in [5.74, 6) is -0.285. The number of nitrogens with zero attached hydrogens (tertiary/aromatic N) is 2. The van der Waals surface area contributed by atoms with Crippen LogP contribution in [0.3, 0.4) is 0 Å². The third kappa shape index (κ3) is 7.43. The number of rotatable bonds is 0. The molecule has 1 aromatic carbocycles. The molecule has 0 aromatic heterocycles. The molecule has 0 aliphatic heterocycles. The van der Waals surface area contributed by atoms with Gasteiger partial charge in [-0.15, -0.1) is 0 Å². The lowest BCUT2D eigenvalue weighted by Crippen LogP contribution is -2.02. The molecular formula is C7H6BF5N2. The topological polar surface area (TPSA) is 28.1 Å². The second-order valence-corrected chi connectivity index (χ2v) is 2.53. The molecule has 0 heterocycles. The molecule has 0 aliphatic carbocycles. The maximum Gasteiger partial charge on any atom is 0.673 e. The first-order chi connectivity index (χ1) is 6.74. The van der Waals surface area contributed by atoms with E-state index in [4.69, 9.17) is 5.39 Å². The van der Waals surface area contributed by atoms with E-state index in [1.807, 2.05) is 0 Å². The van der Waals surface area contributed by atoms with Crippen molar-refractivity contribution in [1.82, 2.24) is 0 Å². The van der Waals surface area contributed by atoms with E-state index in [9.17, 15) is 21.7 Å². The van der Waals surface area contributed by atoms with Crippen LogP contribution in [0.15, 0.2) is 18.2 Å². The summed E-state index contributed by atoms with van der Waals surface area (Å²) >= 11 is 0. The van der Waals surface area contributed by atoms with E-state index in [0.717, 1.165) is 0 Å². The van der Waals surface area contributed by atoms with Crippen molar-refractivity contribution in [2.45, 2.75) is 6.92 Å². The highest BCUT2D eigenvalue weighted by Crippen LogP contribution is 2.15. The molecule has 0 spiro atoms. The zero-order chi connectivity index (χ0) is 12.1. The van der Waals surface area contributed by atoms with Crippen LogP contribution in [0.5, 0.6) is 0 Å². The SMILES string of the molecule is Cc1cc([N+]#N)ccc1F.F[B-](F)(F)F. The highest BCUT2D eigenvalue weighted by Gasteiger charge is 2.20. The Morgan fingerprint density at radius 2 is 1.67 bits per heavy atom. The molecule has 0 saturated heterocycles. The maximum absolute atomic E-state index is 12.5. The second-order valence-electron chi connectivity index (χ2n) is 2.53. The van der Waals surface area contributed by atoms with Crippen molar-refractivity contribution in [3.05, 3.63) is 34.6 Å². The lowest BCUT2D eigenvalue weighted by atomic mass is 10.2. The van der Waals surface area contributed by atoms with Gasteiger partial charge in [0.25, 0.3) is 0 Å². The fourth-order valence-electron chi connectivity index (χ4n) is 0.691. The smallest absolute Gasteiger partial charge is 0.418 e. The number of benzene rings is 1. The van der Waals surface area contributed by atoms with Gasteiger partial charge in [-0.05, 0) is 18.6 Å². The summed E-state index contributed by atoms with van der Waals surface area (Å²) in [4.78, 5) is 2.91. The number of hydrogen-bond donors (Lipinski definition) is 0. The first kappa shape index (κ1) is 13.4. The molecule has 1 aromatic rings. The maximum atomic E-state index is 12.5. The quantitative estimate of drug-likeness (QED) is 0.372. The van der Waals surface area contributed by atoms with E-state index >= 15 is 0 Å². The van der Waals surface area contributed by atoms with Crippen LogP contribution in [0.25, 0.3) is 4.98 Å². The molecule has 0 aliphatic rings. The van der Waals surface area contributed by atoms with Gasteiger partial charge in [0.1, 0.15) is 5.82 Å². The van der Waals surface area contributed by atoms with Crippen LogP contribution >= 0.6 is 0 Å². The predicted octanol–water partition coefficient (Wildman–Crippen LogP) is 3.92. The third-order valence-corrected chi connectivity index (χ3v) is 1.26. The van der Waals surface area contributed by atoms with Crippen LogP contribution in [0, 0.1) is 18.1 Å². The Morgan fingerprint density at radius 1 is 1.20 bits per heavy atom. The molecule has 1 rings (SSSR count). The van der Waals surface area contributed by atoms with E-state index in [1.54, 1.807) is 6.92 Å². The lowest BCUT2D eigenvalue weighted by molar-refractivity contribution is 0.368. The zero-order valence-corrected chi connectivity index (χ0v) is 7.59. The van der Waals surface area contributed by atoms with Crippen molar-refractivity contribution in [2.75, 3.05) is 0 Å². The van der Waals surface area contributed by atoms with Gasteiger partial charge >= 0.3 is 12.9 Å². The number of hydrogen-bond acceptors (Lipinski definition) is 1. The summed E-state index contributed by atoms with van der Waals surface area (Å²) in [6.07, 6.45) is 0. The van der Waals surface area contributed by atoms with Gasteiger partial charge in [0, 0.05) is 12.1 Å². The molecular weight excluding hydrogens is 218 g/mol. The summed E-state index contributed by atoms with van der Waals surface area (Å²) in [7, 11) is -6.00. The second kappa shape index (κ2) is 5.29. The highest BCUT2D eigenvalue weighted by molar-refractivity contribution is 6.50. The molecule has 0 saturated carbocycles. The Morgan fingerprint density at radius 3 is 2.00 bits per heavy atom. The molecule has 15 heavy (non-hydrogen) atoms. The molecule has 0 unspecified atom stereocenters. The van der Waals surface area contributed by atoms with Crippen molar-refractivity contribution in [3.8, 4) is 0 Å². The lowest BCUT2D eigenvalue weighted by Gasteiger charge is -1.94. The van der Waals surface area contributed by atoms with Gasteiger partial charge in [-0.1, -0.05) is 0 Å². The van der Waals surface area contributed by atoms with Crippen LogP contribution in [-0.2, 0) is 0 Å². The minimum atomic E-state index is -6.00. The van der Waals surface area contributed by atoms with Gasteiger partial charge in [-0.2, -0.15) is 0 Å². The summed E-state index contributed by atoms with van der Waals surface area (Å²) in [5.41, 5.74) is 0.856. The van der Waals surface area contributed by atoms with Gasteiger partial charge in [0.2, 0.25) is 5.39 Å². The summed E-state index contributed by atoms with van der Waals surface area (Å²) in [6, 6.07) is 4.14. The van der Waals surface area contributed by atoms with Gasteiger partial charge < -0.3 is 17.3 Å². The number of aryl methyl sites for hydroxylation is 1. The van der Waals surface area contributed by atoms with Crippen molar-refractivity contribution in [3.63, 3.8) is 0 Å². The number of halogens is 5. The van der Waals surface area contributed by atoms with Crippen LogP contribution in [0.1, 0.15) is 5.56 Å². The first-order valence-corrected chi connectivity index (χ1v) is 3.72. The van der Waals surface area contributed by atoms with Crippen LogP contribution in [-0.4, -0.2) is 7.25 Å². The van der Waals surface area contributed by atoms with E-state index in [-0.39, 0.29) is 5.82 Å². The van der Waals surface area contributed by atoms with E-state index in [0.29, 0.717) is 11.3 Å². The monoisotopic (exact) mass is 224 g/mol. The largest absolute Gasteiger partial charge is 0.673 e. The Kier molecular flexibility index (Phi) is 4.71. The number of diazo groups is 1. The molecule has 0 N–H and O–H groups in total. The van der Waals surface area contributed by atoms with Gasteiger partial charge in [-0.3, -0.25) is 0 Å². The van der Waals surface area contributed by atoms with E-state index in [2.05, 4.69) is 4.98 Å². The highest BCUT2D eigenvalue weighted by atomic mass is 19.5. The van der Waals surface area contributed by atoms with Crippen molar-refractivity contribution >= 4 is 12.9 Å². The molecule has 2 nitrogen and oxygen atoms in total. The minimum Gasteiger partial charge on any atom is -0.418 e. The molecule has 0 atom stereocenters. The Labute approximate surface area is 82.4 Å². The van der Waals surface area contributed by atoms with Crippen LogP contribution < -0.4 is 0 Å². The third-order valence-electron chi connectivity index (χ3n) is 1.26. The molecule has 82 valence electrons. The Hall–Kier alpha value is -1.65. The molecule has 0 radical (unpaired) electrons. The standard InChI is InChI=1S/C7H6FN2.BF4/c1-5-4-6(10-9)2-3-7(5)8;2-1(3,4)5/h2-4H,1H3;/q+1;-1. The molecule has 8 heteroatoms. The average Bonchev–Trinajstić information content (AvgIpc) is 2.07. The molecule has 0 fully saturated rings. The van der Waals surface area contributed by atoms with Crippen LogP contribution in [0.2, 0.25) is 0 Å². The molecule has 0 bridgehead atoms. The van der Waals surface area contributed by atoms with Gasteiger partial charge in [-0.25, -0.2) is 4.39 Å². The predicted molar refractivity (Wildman–Crippen MR) is 46.1 cm³/mol. The Bertz CT molecular complexity index is 365. The van der Waals surface area contributed by atoms with Crippen molar-refractivity contribution in [1.29, 1.82) is 5.39 Å². The summed E-state index contributed by atoms with van der Waals surface area (Å²) in [5, 5.41) is 8.26. The van der Waals surface area contributed by atoms with Gasteiger partial charge in [0.05, 0.1) is 0 Å². The van der Waals surface area contributed by atoms with E-state index < -0.39 is 7.25 Å². The molecule has 0 amide bonds. The minimum absolute atomic E-state index is 0.285. The zero-order valence-electron chi connectivity index (χ0n) is 7.59. The van der Waals surface area contributed by atoms with Gasteiger partial charge in [0.15, 0.2) is 4.98 Å². The summed E-state index contributed by atoms with van der Waals surface area (Å²) < 4.78 is 51.5. The summed E-state index contributed by atoms with van der Waals surface area (Å²) in [6.45, 7) is 1.62. The van der Waals surface area contributed by atoms with Crippen LogP contribution in [0.4, 0.5) is 27.3 Å². The average molecular weight is 224 g/mol. The van der Waals surface area contributed by atoms with Crippen molar-refractivity contribution < 1.29 is 21.7 Å². The normalized spacial score (nSPS) is 9.93. The fourth-order valence-corrected chi connectivity index (χ4v) is 0.691. The van der Waals surface area contributed by atoms with E-state index in [1.165, 1.54) is 18.2 Å². The fraction of sp³-hybridized carbons (Fsp3) is 0.143.